The monoisotopic (exact) mass is 296 g/mol. The number of halogens is 2. The molecule has 0 unspecified atom stereocenters. The normalized spacial score (nSPS) is 14.6. The van der Waals surface area contributed by atoms with E-state index in [1.165, 1.54) is 4.90 Å². The van der Waals surface area contributed by atoms with Crippen LogP contribution in [0.25, 0.3) is 0 Å². The highest BCUT2D eigenvalue weighted by Crippen LogP contribution is 2.32. The van der Waals surface area contributed by atoms with Crippen molar-refractivity contribution in [3.8, 4) is 0 Å². The SMILES string of the molecule is CC(C)=C1OC(=O)N(c2cc(N(C)C)c(F)cc2F)C1=O. The molecule has 2 amide bonds. The van der Waals surface area contributed by atoms with Crippen LogP contribution in [0, 0.1) is 11.6 Å². The Labute approximate surface area is 120 Å². The highest BCUT2D eigenvalue weighted by Gasteiger charge is 2.40. The number of cyclic esters (lactones) is 1. The fourth-order valence-corrected chi connectivity index (χ4v) is 1.93. The van der Waals surface area contributed by atoms with Crippen molar-refractivity contribution < 1.29 is 23.1 Å². The quantitative estimate of drug-likeness (QED) is 0.787. The maximum atomic E-state index is 13.9. The molecule has 1 saturated heterocycles. The molecule has 5 nitrogen and oxygen atoms in total. The Kier molecular flexibility index (Phi) is 3.67. The van der Waals surface area contributed by atoms with Crippen molar-refractivity contribution in [3.63, 3.8) is 0 Å². The summed E-state index contributed by atoms with van der Waals surface area (Å²) in [5.74, 6) is -2.72. The summed E-state index contributed by atoms with van der Waals surface area (Å²) in [6, 6.07) is 1.73. The van der Waals surface area contributed by atoms with Crippen LogP contribution in [-0.2, 0) is 9.53 Å². The molecule has 0 saturated carbocycles. The summed E-state index contributed by atoms with van der Waals surface area (Å²) in [6.07, 6.45) is -1.01. The number of benzene rings is 1. The van der Waals surface area contributed by atoms with E-state index in [0.717, 1.165) is 6.07 Å². The predicted molar refractivity (Wildman–Crippen MR) is 73.0 cm³/mol. The maximum Gasteiger partial charge on any atom is 0.427 e. The van der Waals surface area contributed by atoms with Crippen molar-refractivity contribution in [2.45, 2.75) is 13.8 Å². The average Bonchev–Trinajstić information content (AvgIpc) is 2.65. The van der Waals surface area contributed by atoms with Gasteiger partial charge in [-0.05, 0) is 25.5 Å². The average molecular weight is 296 g/mol. The molecule has 0 N–H and O–H groups in total. The van der Waals surface area contributed by atoms with Gasteiger partial charge in [-0.2, -0.15) is 0 Å². The van der Waals surface area contributed by atoms with E-state index in [9.17, 15) is 18.4 Å². The molecule has 1 fully saturated rings. The molecule has 0 aromatic heterocycles. The summed E-state index contributed by atoms with van der Waals surface area (Å²) in [7, 11) is 3.12. The summed E-state index contributed by atoms with van der Waals surface area (Å²) >= 11 is 0. The number of carbonyl (C=O) groups excluding carboxylic acids is 2. The summed E-state index contributed by atoms with van der Waals surface area (Å²) in [5.41, 5.74) is 0.204. The van der Waals surface area contributed by atoms with Gasteiger partial charge in [-0.15, -0.1) is 0 Å². The van der Waals surface area contributed by atoms with Crippen LogP contribution in [-0.4, -0.2) is 26.1 Å². The zero-order chi connectivity index (χ0) is 15.9. The fourth-order valence-electron chi connectivity index (χ4n) is 1.93. The van der Waals surface area contributed by atoms with E-state index in [4.69, 9.17) is 4.74 Å². The van der Waals surface area contributed by atoms with Crippen LogP contribution in [0.15, 0.2) is 23.5 Å². The van der Waals surface area contributed by atoms with E-state index in [0.29, 0.717) is 16.5 Å². The van der Waals surface area contributed by atoms with Crippen LogP contribution in [0.2, 0.25) is 0 Å². The lowest BCUT2D eigenvalue weighted by atomic mass is 10.2. The Morgan fingerprint density at radius 3 is 2.24 bits per heavy atom. The molecule has 0 radical (unpaired) electrons. The number of hydrogen-bond acceptors (Lipinski definition) is 4. The first-order chi connectivity index (χ1) is 9.73. The highest BCUT2D eigenvalue weighted by molar-refractivity contribution is 6.23. The molecule has 0 spiro atoms. The summed E-state index contributed by atoms with van der Waals surface area (Å²) in [5, 5.41) is 0. The second-order valence-electron chi connectivity index (χ2n) is 4.99. The number of imide groups is 1. The molecule has 2 rings (SSSR count). The summed E-state index contributed by atoms with van der Waals surface area (Å²) in [6.45, 7) is 3.19. The van der Waals surface area contributed by atoms with Crippen LogP contribution in [0.4, 0.5) is 25.0 Å². The third-order valence-corrected chi connectivity index (χ3v) is 2.96. The zero-order valence-corrected chi connectivity index (χ0v) is 12.0. The number of amides is 2. The molecular formula is C14H14F2N2O3. The van der Waals surface area contributed by atoms with Crippen molar-refractivity contribution >= 4 is 23.4 Å². The van der Waals surface area contributed by atoms with E-state index in [-0.39, 0.29) is 17.1 Å². The third kappa shape index (κ3) is 2.46. The first-order valence-electron chi connectivity index (χ1n) is 6.14. The third-order valence-electron chi connectivity index (χ3n) is 2.96. The van der Waals surface area contributed by atoms with Crippen molar-refractivity contribution in [3.05, 3.63) is 35.1 Å². The van der Waals surface area contributed by atoms with Crippen molar-refractivity contribution in [2.24, 2.45) is 0 Å². The van der Waals surface area contributed by atoms with Crippen molar-refractivity contribution in [2.75, 3.05) is 23.9 Å². The van der Waals surface area contributed by atoms with Gasteiger partial charge in [-0.1, -0.05) is 0 Å². The van der Waals surface area contributed by atoms with Crippen LogP contribution in [0.3, 0.4) is 0 Å². The number of ether oxygens (including phenoxy) is 1. The minimum absolute atomic E-state index is 0.0534. The maximum absolute atomic E-state index is 13.9. The number of allylic oxidation sites excluding steroid dienone is 1. The van der Waals surface area contributed by atoms with Gasteiger partial charge in [-0.3, -0.25) is 4.79 Å². The second-order valence-corrected chi connectivity index (χ2v) is 4.99. The highest BCUT2D eigenvalue weighted by atomic mass is 19.1. The molecule has 0 atom stereocenters. The molecule has 0 bridgehead atoms. The van der Waals surface area contributed by atoms with Crippen LogP contribution in [0.1, 0.15) is 13.8 Å². The van der Waals surface area contributed by atoms with Gasteiger partial charge in [0.1, 0.15) is 5.82 Å². The largest absolute Gasteiger partial charge is 0.427 e. The van der Waals surface area contributed by atoms with Crippen LogP contribution in [0.5, 0.6) is 0 Å². The van der Waals surface area contributed by atoms with Gasteiger partial charge in [0, 0.05) is 20.2 Å². The van der Waals surface area contributed by atoms with Gasteiger partial charge in [0.15, 0.2) is 11.6 Å². The Bertz CT molecular complexity index is 664. The van der Waals surface area contributed by atoms with Gasteiger partial charge in [-0.25, -0.2) is 18.5 Å². The first kappa shape index (κ1) is 15.0. The van der Waals surface area contributed by atoms with E-state index >= 15 is 0 Å². The topological polar surface area (TPSA) is 49.9 Å². The molecule has 0 aliphatic carbocycles. The predicted octanol–water partition coefficient (Wildman–Crippen LogP) is 2.81. The molecule has 1 aromatic rings. The Morgan fingerprint density at radius 2 is 1.76 bits per heavy atom. The zero-order valence-electron chi connectivity index (χ0n) is 12.0. The molecular weight excluding hydrogens is 282 g/mol. The van der Waals surface area contributed by atoms with Gasteiger partial charge in [0.2, 0.25) is 0 Å². The van der Waals surface area contributed by atoms with Crippen LogP contribution >= 0.6 is 0 Å². The number of carbonyl (C=O) groups is 2. The molecule has 21 heavy (non-hydrogen) atoms. The lowest BCUT2D eigenvalue weighted by Gasteiger charge is -2.18. The second kappa shape index (κ2) is 5.16. The Balaban J connectivity index is 2.57. The van der Waals surface area contributed by atoms with Gasteiger partial charge in [0.05, 0.1) is 11.4 Å². The molecule has 112 valence electrons. The first-order valence-corrected chi connectivity index (χ1v) is 6.14. The molecule has 1 aliphatic rings. The number of hydrogen-bond donors (Lipinski definition) is 0. The van der Waals surface area contributed by atoms with E-state index in [1.807, 2.05) is 0 Å². The molecule has 1 aromatic carbocycles. The molecule has 1 aliphatic heterocycles. The minimum Gasteiger partial charge on any atom is -0.404 e. The van der Waals surface area contributed by atoms with Crippen molar-refractivity contribution in [1.82, 2.24) is 0 Å². The van der Waals surface area contributed by atoms with Crippen LogP contribution < -0.4 is 9.80 Å². The summed E-state index contributed by atoms with van der Waals surface area (Å²) < 4.78 is 32.4. The number of nitrogens with zero attached hydrogens (tertiary/aromatic N) is 2. The van der Waals surface area contributed by atoms with Gasteiger partial charge < -0.3 is 9.64 Å². The van der Waals surface area contributed by atoms with E-state index < -0.39 is 23.6 Å². The van der Waals surface area contributed by atoms with Gasteiger partial charge >= 0.3 is 12.0 Å². The molecule has 7 heteroatoms. The minimum atomic E-state index is -1.02. The lowest BCUT2D eigenvalue weighted by molar-refractivity contribution is -0.114. The molecule has 1 heterocycles. The summed E-state index contributed by atoms with van der Waals surface area (Å²) in [4.78, 5) is 25.9. The Morgan fingerprint density at radius 1 is 1.14 bits per heavy atom. The standard InChI is InChI=1S/C14H14F2N2O3/c1-7(2)12-13(19)18(14(20)21-12)11-6-10(17(3)4)8(15)5-9(11)16/h5-6H,1-4H3. The fraction of sp³-hybridized carbons (Fsp3) is 0.286. The number of rotatable bonds is 2. The smallest absolute Gasteiger partial charge is 0.404 e. The van der Waals surface area contributed by atoms with E-state index in [2.05, 4.69) is 0 Å². The van der Waals surface area contributed by atoms with Crippen molar-refractivity contribution in [1.29, 1.82) is 0 Å². The lowest BCUT2D eigenvalue weighted by Crippen LogP contribution is -2.29. The van der Waals surface area contributed by atoms with E-state index in [1.54, 1.807) is 27.9 Å². The van der Waals surface area contributed by atoms with Gasteiger partial charge in [0.25, 0.3) is 0 Å². The number of anilines is 2. The Hall–Kier alpha value is -2.44.